The van der Waals surface area contributed by atoms with E-state index >= 15 is 0 Å². The fourth-order valence-electron chi connectivity index (χ4n) is 3.03. The Hall–Kier alpha value is -1.62. The highest BCUT2D eigenvalue weighted by atomic mass is 32.2. The average molecular weight is 304 g/mol. The van der Waals surface area contributed by atoms with Crippen LogP contribution in [0.1, 0.15) is 30.0 Å². The maximum absolute atomic E-state index is 12.4. The van der Waals surface area contributed by atoms with Crippen LogP contribution in [0.4, 0.5) is 5.82 Å². The van der Waals surface area contributed by atoms with E-state index in [9.17, 15) is 8.42 Å². The molecule has 5 heteroatoms. The molecular formula is C16H20N2O2S. The summed E-state index contributed by atoms with van der Waals surface area (Å²) in [5.41, 5.74) is 4.25. The molecule has 1 aromatic carbocycles. The van der Waals surface area contributed by atoms with Crippen LogP contribution in [0.5, 0.6) is 0 Å². The zero-order chi connectivity index (χ0) is 15.2. The van der Waals surface area contributed by atoms with E-state index in [2.05, 4.69) is 24.0 Å². The Morgan fingerprint density at radius 3 is 2.71 bits per heavy atom. The standard InChI is InChI=1S/C16H20N2O2S/c1-4-7-21(19,20)18-6-5-13-10-14-12(3)8-11(2)9-15(14)17-16(13)18/h8-10H,4-7H2,1-3H3. The van der Waals surface area contributed by atoms with Gasteiger partial charge in [-0.05, 0) is 55.5 Å². The first-order valence-electron chi connectivity index (χ1n) is 7.33. The number of pyridine rings is 1. The number of sulfonamides is 1. The van der Waals surface area contributed by atoms with E-state index in [4.69, 9.17) is 0 Å². The van der Waals surface area contributed by atoms with Crippen molar-refractivity contribution in [2.75, 3.05) is 16.6 Å². The molecule has 2 aromatic rings. The number of fused-ring (bicyclic) bond motifs is 2. The summed E-state index contributed by atoms with van der Waals surface area (Å²) in [6, 6.07) is 6.26. The van der Waals surface area contributed by atoms with Gasteiger partial charge in [0.25, 0.3) is 0 Å². The molecule has 0 unspecified atom stereocenters. The largest absolute Gasteiger partial charge is 0.253 e. The van der Waals surface area contributed by atoms with Gasteiger partial charge in [0, 0.05) is 11.9 Å². The lowest BCUT2D eigenvalue weighted by atomic mass is 10.0. The van der Waals surface area contributed by atoms with Gasteiger partial charge in [0.1, 0.15) is 5.82 Å². The SMILES string of the molecule is CCCS(=O)(=O)N1CCc2cc3c(C)cc(C)cc3nc21. The lowest BCUT2D eigenvalue weighted by molar-refractivity contribution is 0.590. The fourth-order valence-corrected chi connectivity index (χ4v) is 4.56. The first-order chi connectivity index (χ1) is 9.92. The number of benzene rings is 1. The van der Waals surface area contributed by atoms with E-state index in [0.717, 1.165) is 28.5 Å². The highest BCUT2D eigenvalue weighted by Crippen LogP contribution is 2.33. The van der Waals surface area contributed by atoms with Gasteiger partial charge in [-0.3, -0.25) is 4.31 Å². The molecule has 112 valence electrons. The second kappa shape index (κ2) is 4.98. The van der Waals surface area contributed by atoms with Gasteiger partial charge < -0.3 is 0 Å². The van der Waals surface area contributed by atoms with E-state index < -0.39 is 10.0 Å². The summed E-state index contributed by atoms with van der Waals surface area (Å²) in [4.78, 5) is 4.65. The van der Waals surface area contributed by atoms with Crippen LogP contribution >= 0.6 is 0 Å². The number of rotatable bonds is 3. The minimum absolute atomic E-state index is 0.180. The van der Waals surface area contributed by atoms with Crippen molar-refractivity contribution in [1.29, 1.82) is 0 Å². The van der Waals surface area contributed by atoms with Crippen molar-refractivity contribution in [2.45, 2.75) is 33.6 Å². The van der Waals surface area contributed by atoms with E-state index in [1.165, 1.54) is 9.87 Å². The van der Waals surface area contributed by atoms with Crippen LogP contribution in [0.15, 0.2) is 18.2 Å². The first kappa shape index (κ1) is 14.3. The third kappa shape index (κ3) is 2.39. The molecule has 1 aromatic heterocycles. The van der Waals surface area contributed by atoms with Gasteiger partial charge in [0.05, 0.1) is 11.3 Å². The van der Waals surface area contributed by atoms with Gasteiger partial charge in [0.2, 0.25) is 10.0 Å². The number of anilines is 1. The first-order valence-corrected chi connectivity index (χ1v) is 8.94. The number of hydrogen-bond acceptors (Lipinski definition) is 3. The smallest absolute Gasteiger partial charge is 0.236 e. The van der Waals surface area contributed by atoms with E-state index in [0.29, 0.717) is 18.8 Å². The Labute approximate surface area is 125 Å². The topological polar surface area (TPSA) is 50.3 Å². The zero-order valence-electron chi connectivity index (χ0n) is 12.7. The molecule has 21 heavy (non-hydrogen) atoms. The summed E-state index contributed by atoms with van der Waals surface area (Å²) in [5.74, 6) is 0.805. The maximum Gasteiger partial charge on any atom is 0.236 e. The monoisotopic (exact) mass is 304 g/mol. The molecule has 0 saturated heterocycles. The molecule has 0 fully saturated rings. The molecule has 0 amide bonds. The van der Waals surface area contributed by atoms with Crippen molar-refractivity contribution < 1.29 is 8.42 Å². The summed E-state index contributed by atoms with van der Waals surface area (Å²) >= 11 is 0. The van der Waals surface area contributed by atoms with Crippen molar-refractivity contribution in [3.63, 3.8) is 0 Å². The Morgan fingerprint density at radius 2 is 2.00 bits per heavy atom. The zero-order valence-corrected chi connectivity index (χ0v) is 13.5. The molecular weight excluding hydrogens is 284 g/mol. The van der Waals surface area contributed by atoms with Crippen molar-refractivity contribution >= 4 is 26.7 Å². The van der Waals surface area contributed by atoms with Crippen LogP contribution in [0.3, 0.4) is 0 Å². The van der Waals surface area contributed by atoms with Gasteiger partial charge in [-0.2, -0.15) is 0 Å². The summed E-state index contributed by atoms with van der Waals surface area (Å²) in [6.45, 7) is 6.50. The third-order valence-electron chi connectivity index (χ3n) is 3.96. The van der Waals surface area contributed by atoms with Gasteiger partial charge in [-0.1, -0.05) is 13.0 Å². The second-order valence-electron chi connectivity index (χ2n) is 5.76. The minimum Gasteiger partial charge on any atom is -0.253 e. The van der Waals surface area contributed by atoms with Crippen LogP contribution in [-0.2, 0) is 16.4 Å². The molecule has 0 spiro atoms. The Bertz CT molecular complexity index is 813. The molecule has 0 atom stereocenters. The highest BCUT2D eigenvalue weighted by Gasteiger charge is 2.30. The molecule has 0 aliphatic carbocycles. The van der Waals surface area contributed by atoms with Crippen LogP contribution in [-0.4, -0.2) is 25.7 Å². The molecule has 1 aliphatic rings. The molecule has 0 bridgehead atoms. The van der Waals surface area contributed by atoms with Crippen LogP contribution in [0.25, 0.3) is 10.9 Å². The van der Waals surface area contributed by atoms with Crippen LogP contribution < -0.4 is 4.31 Å². The van der Waals surface area contributed by atoms with E-state index in [1.807, 2.05) is 19.9 Å². The third-order valence-corrected chi connectivity index (χ3v) is 5.91. The maximum atomic E-state index is 12.4. The minimum atomic E-state index is -3.24. The van der Waals surface area contributed by atoms with Crippen LogP contribution in [0, 0.1) is 13.8 Å². The number of aromatic nitrogens is 1. The molecule has 4 nitrogen and oxygen atoms in total. The molecule has 1 aliphatic heterocycles. The molecule has 2 heterocycles. The van der Waals surface area contributed by atoms with Gasteiger partial charge in [-0.25, -0.2) is 13.4 Å². The summed E-state index contributed by atoms with van der Waals surface area (Å²) < 4.78 is 26.2. The Balaban J connectivity index is 2.17. The number of nitrogens with zero attached hydrogens (tertiary/aromatic N) is 2. The average Bonchev–Trinajstić information content (AvgIpc) is 2.80. The summed E-state index contributed by atoms with van der Waals surface area (Å²) in [6.07, 6.45) is 1.37. The molecule has 0 N–H and O–H groups in total. The van der Waals surface area contributed by atoms with E-state index in [-0.39, 0.29) is 5.75 Å². The normalized spacial score (nSPS) is 14.7. The molecule has 0 radical (unpaired) electrons. The predicted molar refractivity (Wildman–Crippen MR) is 86.3 cm³/mol. The quantitative estimate of drug-likeness (QED) is 0.876. The summed E-state index contributed by atoms with van der Waals surface area (Å²) in [7, 11) is -3.24. The van der Waals surface area contributed by atoms with Gasteiger partial charge in [-0.15, -0.1) is 0 Å². The van der Waals surface area contributed by atoms with Crippen LogP contribution in [0.2, 0.25) is 0 Å². The predicted octanol–water partition coefficient (Wildman–Crippen LogP) is 2.95. The van der Waals surface area contributed by atoms with Gasteiger partial charge in [0.15, 0.2) is 0 Å². The van der Waals surface area contributed by atoms with Crippen molar-refractivity contribution in [2.24, 2.45) is 0 Å². The Kier molecular flexibility index (Phi) is 3.40. The fraction of sp³-hybridized carbons (Fsp3) is 0.438. The Morgan fingerprint density at radius 1 is 1.24 bits per heavy atom. The van der Waals surface area contributed by atoms with E-state index in [1.54, 1.807) is 0 Å². The number of hydrogen-bond donors (Lipinski definition) is 0. The number of aryl methyl sites for hydroxylation is 2. The molecule has 3 rings (SSSR count). The van der Waals surface area contributed by atoms with Crippen molar-refractivity contribution in [3.8, 4) is 0 Å². The van der Waals surface area contributed by atoms with Gasteiger partial charge >= 0.3 is 0 Å². The lowest BCUT2D eigenvalue weighted by Gasteiger charge is -2.18. The van der Waals surface area contributed by atoms with Crippen molar-refractivity contribution in [3.05, 3.63) is 34.9 Å². The molecule has 0 saturated carbocycles. The lowest BCUT2D eigenvalue weighted by Crippen LogP contribution is -2.31. The summed E-state index contributed by atoms with van der Waals surface area (Å²) in [5, 5.41) is 1.12. The van der Waals surface area contributed by atoms with Crippen molar-refractivity contribution in [1.82, 2.24) is 4.98 Å². The highest BCUT2D eigenvalue weighted by molar-refractivity contribution is 7.92. The second-order valence-corrected chi connectivity index (χ2v) is 7.77.